The number of halogens is 1. The van der Waals surface area contributed by atoms with Gasteiger partial charge in [-0.3, -0.25) is 10.1 Å². The van der Waals surface area contributed by atoms with E-state index in [0.717, 1.165) is 16.7 Å². The van der Waals surface area contributed by atoms with Gasteiger partial charge in [-0.15, -0.1) is 11.6 Å². The smallest absolute Gasteiger partial charge is 0.276 e. The van der Waals surface area contributed by atoms with Crippen molar-refractivity contribution in [1.82, 2.24) is 0 Å². The van der Waals surface area contributed by atoms with Crippen LogP contribution in [0.3, 0.4) is 0 Å². The number of benzene rings is 2. The minimum atomic E-state index is -0.404. The van der Waals surface area contributed by atoms with E-state index in [1.165, 1.54) is 6.07 Å². The summed E-state index contributed by atoms with van der Waals surface area (Å²) in [5, 5.41) is 11.0. The van der Waals surface area contributed by atoms with E-state index >= 15 is 0 Å². The van der Waals surface area contributed by atoms with E-state index in [0.29, 0.717) is 22.9 Å². The zero-order valence-corrected chi connectivity index (χ0v) is 12.9. The zero-order valence-electron chi connectivity index (χ0n) is 12.1. The van der Waals surface area contributed by atoms with E-state index < -0.39 is 4.92 Å². The first-order chi connectivity index (χ1) is 9.92. The first-order valence-corrected chi connectivity index (χ1v) is 7.05. The van der Waals surface area contributed by atoms with Crippen molar-refractivity contribution in [2.75, 3.05) is 0 Å². The molecular formula is C16H16ClNO3. The average molecular weight is 306 g/mol. The molecule has 21 heavy (non-hydrogen) atoms. The first-order valence-electron chi connectivity index (χ1n) is 6.51. The SMILES string of the molecule is Cc1ccc(Oc2cc([N+](=O)[O-])c(C)cc2C)c(CCl)c1. The predicted molar refractivity (Wildman–Crippen MR) is 83.4 cm³/mol. The lowest BCUT2D eigenvalue weighted by Crippen LogP contribution is -1.97. The van der Waals surface area contributed by atoms with E-state index in [1.807, 2.05) is 32.0 Å². The molecule has 0 fully saturated rings. The third kappa shape index (κ3) is 3.34. The van der Waals surface area contributed by atoms with Crippen molar-refractivity contribution in [3.05, 3.63) is 62.7 Å². The second-order valence-electron chi connectivity index (χ2n) is 5.01. The molecule has 0 aliphatic carbocycles. The molecule has 0 saturated carbocycles. The molecule has 0 saturated heterocycles. The fourth-order valence-electron chi connectivity index (χ4n) is 2.16. The lowest BCUT2D eigenvalue weighted by atomic mass is 10.1. The van der Waals surface area contributed by atoms with Crippen LogP contribution in [0.15, 0.2) is 30.3 Å². The Bertz CT molecular complexity index is 698. The zero-order chi connectivity index (χ0) is 15.6. The second kappa shape index (κ2) is 6.14. The van der Waals surface area contributed by atoms with Gasteiger partial charge in [0.05, 0.1) is 16.9 Å². The van der Waals surface area contributed by atoms with Crippen LogP contribution in [0.4, 0.5) is 5.69 Å². The van der Waals surface area contributed by atoms with Crippen LogP contribution in [-0.4, -0.2) is 4.92 Å². The Hall–Kier alpha value is -2.07. The third-order valence-electron chi connectivity index (χ3n) is 3.27. The predicted octanol–water partition coefficient (Wildman–Crippen LogP) is 5.05. The topological polar surface area (TPSA) is 52.4 Å². The van der Waals surface area contributed by atoms with Gasteiger partial charge in [0.2, 0.25) is 0 Å². The average Bonchev–Trinajstić information content (AvgIpc) is 2.42. The number of hydrogen-bond acceptors (Lipinski definition) is 3. The highest BCUT2D eigenvalue weighted by atomic mass is 35.5. The lowest BCUT2D eigenvalue weighted by molar-refractivity contribution is -0.385. The summed E-state index contributed by atoms with van der Waals surface area (Å²) in [4.78, 5) is 10.6. The molecule has 0 amide bonds. The molecule has 0 radical (unpaired) electrons. The summed E-state index contributed by atoms with van der Waals surface area (Å²) in [6, 6.07) is 8.91. The van der Waals surface area contributed by atoms with Crippen LogP contribution in [0.25, 0.3) is 0 Å². The highest BCUT2D eigenvalue weighted by Crippen LogP contribution is 2.33. The van der Waals surface area contributed by atoms with Gasteiger partial charge in [0.25, 0.3) is 5.69 Å². The monoisotopic (exact) mass is 305 g/mol. The Morgan fingerprint density at radius 3 is 2.43 bits per heavy atom. The van der Waals surface area contributed by atoms with Crippen molar-refractivity contribution in [2.24, 2.45) is 0 Å². The van der Waals surface area contributed by atoms with Crippen molar-refractivity contribution >= 4 is 17.3 Å². The Kier molecular flexibility index (Phi) is 4.48. The summed E-state index contributed by atoms with van der Waals surface area (Å²) in [5.74, 6) is 1.42. The van der Waals surface area contributed by atoms with Crippen molar-refractivity contribution in [2.45, 2.75) is 26.7 Å². The quantitative estimate of drug-likeness (QED) is 0.451. The Morgan fingerprint density at radius 2 is 1.81 bits per heavy atom. The van der Waals surface area contributed by atoms with Crippen molar-refractivity contribution in [3.63, 3.8) is 0 Å². The number of aryl methyl sites for hydroxylation is 3. The lowest BCUT2D eigenvalue weighted by Gasteiger charge is -2.13. The summed E-state index contributed by atoms with van der Waals surface area (Å²) in [5.41, 5.74) is 3.46. The standard InChI is InChI=1S/C16H16ClNO3/c1-10-4-5-15(13(6-10)9-17)21-16-8-14(18(19)20)11(2)7-12(16)3/h4-8H,9H2,1-3H3. The van der Waals surface area contributed by atoms with Gasteiger partial charge in [-0.05, 0) is 38.5 Å². The van der Waals surface area contributed by atoms with Crippen LogP contribution in [0.2, 0.25) is 0 Å². The second-order valence-corrected chi connectivity index (χ2v) is 5.28. The highest BCUT2D eigenvalue weighted by Gasteiger charge is 2.15. The van der Waals surface area contributed by atoms with Crippen LogP contribution >= 0.6 is 11.6 Å². The van der Waals surface area contributed by atoms with Crippen LogP contribution in [0.5, 0.6) is 11.5 Å². The molecule has 0 aliphatic rings. The Balaban J connectivity index is 2.44. The Labute approximate surface area is 128 Å². The van der Waals surface area contributed by atoms with Crippen LogP contribution in [0.1, 0.15) is 22.3 Å². The van der Waals surface area contributed by atoms with Gasteiger partial charge in [0.15, 0.2) is 0 Å². The molecule has 0 aromatic heterocycles. The normalized spacial score (nSPS) is 10.5. The van der Waals surface area contributed by atoms with Gasteiger partial charge in [0, 0.05) is 11.1 Å². The van der Waals surface area contributed by atoms with Gasteiger partial charge in [0.1, 0.15) is 11.5 Å². The number of ether oxygens (including phenoxy) is 1. The number of nitrogens with zero attached hydrogens (tertiary/aromatic N) is 1. The molecule has 5 heteroatoms. The van der Waals surface area contributed by atoms with E-state index in [-0.39, 0.29) is 5.69 Å². The molecule has 0 aliphatic heterocycles. The molecule has 0 bridgehead atoms. The van der Waals surface area contributed by atoms with Crippen molar-refractivity contribution in [3.8, 4) is 11.5 Å². The fraction of sp³-hybridized carbons (Fsp3) is 0.250. The maximum Gasteiger partial charge on any atom is 0.276 e. The minimum absolute atomic E-state index is 0.0511. The minimum Gasteiger partial charge on any atom is -0.456 e. The molecule has 2 aromatic rings. The largest absolute Gasteiger partial charge is 0.456 e. The maximum atomic E-state index is 11.0. The van der Waals surface area contributed by atoms with E-state index in [2.05, 4.69) is 0 Å². The summed E-state index contributed by atoms with van der Waals surface area (Å²) in [7, 11) is 0. The summed E-state index contributed by atoms with van der Waals surface area (Å²) < 4.78 is 5.84. The molecule has 0 unspecified atom stereocenters. The number of alkyl halides is 1. The molecule has 0 spiro atoms. The summed E-state index contributed by atoms with van der Waals surface area (Å²) in [6.07, 6.45) is 0. The summed E-state index contributed by atoms with van der Waals surface area (Å²) in [6.45, 7) is 5.55. The number of rotatable bonds is 4. The van der Waals surface area contributed by atoms with E-state index in [4.69, 9.17) is 16.3 Å². The molecule has 0 heterocycles. The van der Waals surface area contributed by atoms with Crippen LogP contribution < -0.4 is 4.74 Å². The molecule has 0 N–H and O–H groups in total. The van der Waals surface area contributed by atoms with Gasteiger partial charge in [-0.2, -0.15) is 0 Å². The van der Waals surface area contributed by atoms with Gasteiger partial charge in [-0.1, -0.05) is 17.7 Å². The molecular weight excluding hydrogens is 290 g/mol. The number of nitro groups is 1. The number of hydrogen-bond donors (Lipinski definition) is 0. The highest BCUT2D eigenvalue weighted by molar-refractivity contribution is 6.17. The molecule has 2 aromatic carbocycles. The summed E-state index contributed by atoms with van der Waals surface area (Å²) >= 11 is 5.93. The Morgan fingerprint density at radius 1 is 1.10 bits per heavy atom. The van der Waals surface area contributed by atoms with E-state index in [9.17, 15) is 10.1 Å². The first kappa shape index (κ1) is 15.3. The van der Waals surface area contributed by atoms with Crippen molar-refractivity contribution in [1.29, 1.82) is 0 Å². The molecule has 0 atom stereocenters. The molecule has 110 valence electrons. The van der Waals surface area contributed by atoms with Crippen LogP contribution in [-0.2, 0) is 5.88 Å². The van der Waals surface area contributed by atoms with Crippen molar-refractivity contribution < 1.29 is 9.66 Å². The van der Waals surface area contributed by atoms with E-state index in [1.54, 1.807) is 13.0 Å². The molecule has 4 nitrogen and oxygen atoms in total. The maximum absolute atomic E-state index is 11.0. The van der Waals surface area contributed by atoms with Gasteiger partial charge < -0.3 is 4.74 Å². The third-order valence-corrected chi connectivity index (χ3v) is 3.56. The molecule has 2 rings (SSSR count). The van der Waals surface area contributed by atoms with Crippen LogP contribution in [0, 0.1) is 30.9 Å². The van der Waals surface area contributed by atoms with Gasteiger partial charge >= 0.3 is 0 Å². The number of nitro benzene ring substituents is 1. The van der Waals surface area contributed by atoms with Gasteiger partial charge in [-0.25, -0.2) is 0 Å². The fourth-order valence-corrected chi connectivity index (χ4v) is 2.37.